The van der Waals surface area contributed by atoms with Gasteiger partial charge in [0.05, 0.1) is 32.0 Å². The summed E-state index contributed by atoms with van der Waals surface area (Å²) in [5.41, 5.74) is 2.94. The van der Waals surface area contributed by atoms with Crippen LogP contribution in [0.15, 0.2) is 66.7 Å². The molecule has 1 saturated heterocycles. The first-order valence-electron chi connectivity index (χ1n) is 11.9. The summed E-state index contributed by atoms with van der Waals surface area (Å²) >= 11 is 0. The standard InChI is InChI=1S/C28H30N4O3/c1-4-35-26-18-21-22(19-25(26)34-3)29-27(20-10-6-5-7-11-20)30-28(21)32-16-14-31(15-17-32)23-12-8-9-13-24(23)33-2/h5-13,18-19H,4,14-17H2,1-3H3. The molecule has 1 fully saturated rings. The van der Waals surface area contributed by atoms with Crippen LogP contribution in [0.25, 0.3) is 22.3 Å². The maximum atomic E-state index is 5.87. The molecule has 7 nitrogen and oxygen atoms in total. The molecule has 0 spiro atoms. The molecular weight excluding hydrogens is 440 g/mol. The second-order valence-electron chi connectivity index (χ2n) is 8.34. The van der Waals surface area contributed by atoms with Crippen LogP contribution in [0.1, 0.15) is 6.92 Å². The van der Waals surface area contributed by atoms with Crippen molar-refractivity contribution in [3.63, 3.8) is 0 Å². The molecule has 1 aromatic heterocycles. The normalized spacial score (nSPS) is 13.7. The third-order valence-corrected chi connectivity index (χ3v) is 6.30. The van der Waals surface area contributed by atoms with Crippen molar-refractivity contribution >= 4 is 22.4 Å². The van der Waals surface area contributed by atoms with Gasteiger partial charge in [-0.2, -0.15) is 0 Å². The van der Waals surface area contributed by atoms with Gasteiger partial charge in [0.1, 0.15) is 11.6 Å². The average Bonchev–Trinajstić information content (AvgIpc) is 2.93. The van der Waals surface area contributed by atoms with E-state index >= 15 is 0 Å². The summed E-state index contributed by atoms with van der Waals surface area (Å²) in [6, 6.07) is 22.2. The average molecular weight is 471 g/mol. The molecule has 180 valence electrons. The first kappa shape index (κ1) is 22.8. The molecule has 2 heterocycles. The SMILES string of the molecule is CCOc1cc2c(N3CCN(c4ccccc4OC)CC3)nc(-c3ccccc3)nc2cc1OC. The predicted octanol–water partition coefficient (Wildman–Crippen LogP) is 5.04. The van der Waals surface area contributed by atoms with E-state index in [-0.39, 0.29) is 0 Å². The highest BCUT2D eigenvalue weighted by atomic mass is 16.5. The Hall–Kier alpha value is -4.00. The molecule has 0 unspecified atom stereocenters. The van der Waals surface area contributed by atoms with Gasteiger partial charge < -0.3 is 24.0 Å². The topological polar surface area (TPSA) is 60.0 Å². The number of fused-ring (bicyclic) bond motifs is 1. The van der Waals surface area contributed by atoms with Crippen LogP contribution in [0, 0.1) is 0 Å². The Morgan fingerprint density at radius 3 is 2.14 bits per heavy atom. The molecule has 0 atom stereocenters. The molecule has 0 saturated carbocycles. The van der Waals surface area contributed by atoms with E-state index in [1.165, 1.54) is 0 Å². The monoisotopic (exact) mass is 470 g/mol. The summed E-state index contributed by atoms with van der Waals surface area (Å²) in [4.78, 5) is 14.7. The lowest BCUT2D eigenvalue weighted by Crippen LogP contribution is -2.47. The number of hydrogen-bond donors (Lipinski definition) is 0. The van der Waals surface area contributed by atoms with E-state index in [2.05, 4.69) is 21.9 Å². The first-order valence-corrected chi connectivity index (χ1v) is 11.9. The van der Waals surface area contributed by atoms with E-state index in [4.69, 9.17) is 24.2 Å². The van der Waals surface area contributed by atoms with E-state index in [0.29, 0.717) is 23.9 Å². The van der Waals surface area contributed by atoms with E-state index < -0.39 is 0 Å². The largest absolute Gasteiger partial charge is 0.495 e. The number of rotatable bonds is 7. The van der Waals surface area contributed by atoms with Crippen LogP contribution in [0.2, 0.25) is 0 Å². The fraction of sp³-hybridized carbons (Fsp3) is 0.286. The minimum absolute atomic E-state index is 0.553. The highest BCUT2D eigenvalue weighted by Gasteiger charge is 2.24. The number of anilines is 2. The molecule has 0 N–H and O–H groups in total. The van der Waals surface area contributed by atoms with Crippen LogP contribution in [-0.2, 0) is 0 Å². The number of aromatic nitrogens is 2. The van der Waals surface area contributed by atoms with Gasteiger partial charge in [-0.3, -0.25) is 0 Å². The van der Waals surface area contributed by atoms with Crippen LogP contribution >= 0.6 is 0 Å². The van der Waals surface area contributed by atoms with Gasteiger partial charge in [-0.05, 0) is 25.1 Å². The molecule has 0 aliphatic carbocycles. The minimum Gasteiger partial charge on any atom is -0.495 e. The van der Waals surface area contributed by atoms with Gasteiger partial charge in [-0.15, -0.1) is 0 Å². The van der Waals surface area contributed by atoms with Crippen molar-refractivity contribution in [2.75, 3.05) is 56.8 Å². The van der Waals surface area contributed by atoms with Gasteiger partial charge in [0.2, 0.25) is 0 Å². The number of nitrogens with zero attached hydrogens (tertiary/aromatic N) is 4. The van der Waals surface area contributed by atoms with Gasteiger partial charge in [-0.25, -0.2) is 9.97 Å². The number of methoxy groups -OCH3 is 2. The molecule has 35 heavy (non-hydrogen) atoms. The summed E-state index contributed by atoms with van der Waals surface area (Å²) in [7, 11) is 3.37. The van der Waals surface area contributed by atoms with Crippen molar-refractivity contribution in [2.45, 2.75) is 6.92 Å². The molecule has 1 aliphatic rings. The number of para-hydroxylation sites is 2. The molecule has 1 aliphatic heterocycles. The smallest absolute Gasteiger partial charge is 0.162 e. The molecule has 0 bridgehead atoms. The Morgan fingerprint density at radius 1 is 0.743 bits per heavy atom. The van der Waals surface area contributed by atoms with Crippen LogP contribution in [0.3, 0.4) is 0 Å². The molecule has 3 aromatic carbocycles. The summed E-state index contributed by atoms with van der Waals surface area (Å²) in [6.45, 7) is 5.90. The van der Waals surface area contributed by atoms with Gasteiger partial charge >= 0.3 is 0 Å². The van der Waals surface area contributed by atoms with Gasteiger partial charge in [0.15, 0.2) is 17.3 Å². The van der Waals surface area contributed by atoms with E-state index in [9.17, 15) is 0 Å². The van der Waals surface area contributed by atoms with Gasteiger partial charge in [-0.1, -0.05) is 42.5 Å². The molecule has 5 rings (SSSR count). The third kappa shape index (κ3) is 4.54. The Morgan fingerprint density at radius 2 is 1.43 bits per heavy atom. The highest BCUT2D eigenvalue weighted by Crippen LogP contribution is 2.37. The van der Waals surface area contributed by atoms with Crippen molar-refractivity contribution in [1.82, 2.24) is 9.97 Å². The second-order valence-corrected chi connectivity index (χ2v) is 8.34. The lowest BCUT2D eigenvalue weighted by molar-refractivity contribution is 0.311. The molecular formula is C28H30N4O3. The van der Waals surface area contributed by atoms with Crippen molar-refractivity contribution in [3.8, 4) is 28.6 Å². The summed E-state index contributed by atoms with van der Waals surface area (Å²) in [5, 5.41) is 0.958. The quantitative estimate of drug-likeness (QED) is 0.375. The molecule has 0 amide bonds. The minimum atomic E-state index is 0.553. The fourth-order valence-electron chi connectivity index (χ4n) is 4.56. The Bertz CT molecular complexity index is 1300. The van der Waals surface area contributed by atoms with Crippen molar-refractivity contribution < 1.29 is 14.2 Å². The van der Waals surface area contributed by atoms with Crippen LogP contribution in [0.4, 0.5) is 11.5 Å². The maximum absolute atomic E-state index is 5.87. The van der Waals surface area contributed by atoms with Crippen molar-refractivity contribution in [2.24, 2.45) is 0 Å². The Labute approximate surface area is 205 Å². The maximum Gasteiger partial charge on any atom is 0.162 e. The molecule has 0 radical (unpaired) electrons. The third-order valence-electron chi connectivity index (χ3n) is 6.30. The van der Waals surface area contributed by atoms with E-state index in [1.807, 2.05) is 61.5 Å². The van der Waals surface area contributed by atoms with Crippen molar-refractivity contribution in [3.05, 3.63) is 66.7 Å². The first-order chi connectivity index (χ1) is 17.2. The lowest BCUT2D eigenvalue weighted by atomic mass is 10.1. The zero-order valence-electron chi connectivity index (χ0n) is 20.4. The predicted molar refractivity (Wildman–Crippen MR) is 140 cm³/mol. The second kappa shape index (κ2) is 10.1. The number of ether oxygens (including phenoxy) is 3. The van der Waals surface area contributed by atoms with E-state index in [1.54, 1.807) is 14.2 Å². The summed E-state index contributed by atoms with van der Waals surface area (Å²) in [5.74, 6) is 3.88. The van der Waals surface area contributed by atoms with E-state index in [0.717, 1.165) is 59.9 Å². The fourth-order valence-corrected chi connectivity index (χ4v) is 4.56. The van der Waals surface area contributed by atoms with Crippen LogP contribution < -0.4 is 24.0 Å². The van der Waals surface area contributed by atoms with Gasteiger partial charge in [0, 0.05) is 43.2 Å². The number of hydrogen-bond acceptors (Lipinski definition) is 7. The molecule has 7 heteroatoms. The van der Waals surface area contributed by atoms with Crippen molar-refractivity contribution in [1.29, 1.82) is 0 Å². The van der Waals surface area contributed by atoms with Crippen LogP contribution in [-0.4, -0.2) is 57.0 Å². The Kier molecular flexibility index (Phi) is 6.57. The highest BCUT2D eigenvalue weighted by molar-refractivity contribution is 5.93. The summed E-state index contributed by atoms with van der Waals surface area (Å²) in [6.07, 6.45) is 0. The van der Waals surface area contributed by atoms with Crippen LogP contribution in [0.5, 0.6) is 17.2 Å². The Balaban J connectivity index is 1.54. The zero-order chi connectivity index (χ0) is 24.2. The molecule has 4 aromatic rings. The lowest BCUT2D eigenvalue weighted by Gasteiger charge is -2.37. The van der Waals surface area contributed by atoms with Gasteiger partial charge in [0.25, 0.3) is 0 Å². The summed E-state index contributed by atoms with van der Waals surface area (Å²) < 4.78 is 17.1. The zero-order valence-corrected chi connectivity index (χ0v) is 20.4. The number of benzene rings is 3. The number of piperazine rings is 1.